The summed E-state index contributed by atoms with van der Waals surface area (Å²) in [7, 11) is 0. The molecule has 2 N–H and O–H groups in total. The first-order valence-electron chi connectivity index (χ1n) is 8.21. The van der Waals surface area contributed by atoms with Crippen LogP contribution in [0.1, 0.15) is 29.9 Å². The van der Waals surface area contributed by atoms with E-state index in [9.17, 15) is 14.7 Å². The van der Waals surface area contributed by atoms with Gasteiger partial charge in [0.25, 0.3) is 0 Å². The van der Waals surface area contributed by atoms with Gasteiger partial charge in [0, 0.05) is 6.54 Å². The second-order valence-electron chi connectivity index (χ2n) is 6.45. The van der Waals surface area contributed by atoms with E-state index in [0.717, 1.165) is 18.4 Å². The highest BCUT2D eigenvalue weighted by Crippen LogP contribution is 2.48. The molecule has 0 bridgehead atoms. The second-order valence-corrected chi connectivity index (χ2v) is 6.45. The van der Waals surface area contributed by atoms with Crippen LogP contribution in [-0.4, -0.2) is 23.5 Å². The zero-order chi connectivity index (χ0) is 17.0. The molecule has 0 spiro atoms. The summed E-state index contributed by atoms with van der Waals surface area (Å²) in [6, 6.07) is 19.0. The Hall–Kier alpha value is -2.62. The van der Waals surface area contributed by atoms with Crippen LogP contribution in [-0.2, 0) is 16.0 Å². The lowest BCUT2D eigenvalue weighted by atomic mass is 9.94. The minimum absolute atomic E-state index is 0.0338. The van der Waals surface area contributed by atoms with Gasteiger partial charge in [-0.1, -0.05) is 60.7 Å². The van der Waals surface area contributed by atoms with E-state index in [4.69, 9.17) is 0 Å². The first-order chi connectivity index (χ1) is 11.6. The Balaban J connectivity index is 1.63. The average molecular weight is 323 g/mol. The van der Waals surface area contributed by atoms with Crippen LogP contribution in [0.15, 0.2) is 60.7 Å². The van der Waals surface area contributed by atoms with Crippen molar-refractivity contribution in [3.8, 4) is 0 Å². The molecule has 124 valence electrons. The van der Waals surface area contributed by atoms with Gasteiger partial charge in [-0.15, -0.1) is 0 Å². The number of carboxylic acids is 1. The average Bonchev–Trinajstić information content (AvgIpc) is 3.37. The molecule has 1 aliphatic rings. The fraction of sp³-hybridized carbons (Fsp3) is 0.300. The molecule has 4 heteroatoms. The number of hydrogen-bond donors (Lipinski definition) is 2. The van der Waals surface area contributed by atoms with Crippen LogP contribution in [0.5, 0.6) is 0 Å². The van der Waals surface area contributed by atoms with Crippen LogP contribution in [0.2, 0.25) is 0 Å². The molecule has 1 unspecified atom stereocenters. The normalized spacial score (nSPS) is 16.2. The maximum absolute atomic E-state index is 12.6. The van der Waals surface area contributed by atoms with Gasteiger partial charge in [0.2, 0.25) is 5.91 Å². The van der Waals surface area contributed by atoms with Crippen LogP contribution >= 0.6 is 0 Å². The summed E-state index contributed by atoms with van der Waals surface area (Å²) in [6.07, 6.45) is 2.43. The number of rotatable bonds is 7. The molecule has 1 aliphatic carbocycles. The molecule has 3 rings (SSSR count). The summed E-state index contributed by atoms with van der Waals surface area (Å²) in [4.78, 5) is 24.1. The number of amides is 1. The minimum Gasteiger partial charge on any atom is -0.481 e. The van der Waals surface area contributed by atoms with Crippen molar-refractivity contribution in [1.82, 2.24) is 5.32 Å². The van der Waals surface area contributed by atoms with Crippen molar-refractivity contribution < 1.29 is 14.7 Å². The highest BCUT2D eigenvalue weighted by atomic mass is 16.4. The van der Waals surface area contributed by atoms with Crippen LogP contribution < -0.4 is 5.32 Å². The number of carbonyl (C=O) groups excluding carboxylic acids is 1. The van der Waals surface area contributed by atoms with Gasteiger partial charge in [-0.3, -0.25) is 9.59 Å². The van der Waals surface area contributed by atoms with Crippen LogP contribution in [0, 0.1) is 5.41 Å². The van der Waals surface area contributed by atoms with Gasteiger partial charge in [-0.25, -0.2) is 0 Å². The third kappa shape index (κ3) is 3.65. The predicted molar refractivity (Wildman–Crippen MR) is 91.6 cm³/mol. The van der Waals surface area contributed by atoms with E-state index >= 15 is 0 Å². The molecule has 2 aromatic carbocycles. The quantitative estimate of drug-likeness (QED) is 0.823. The molecule has 1 atom stereocenters. The van der Waals surface area contributed by atoms with Crippen molar-refractivity contribution in [2.24, 2.45) is 5.41 Å². The van der Waals surface area contributed by atoms with Gasteiger partial charge in [0.05, 0.1) is 11.3 Å². The molecule has 24 heavy (non-hydrogen) atoms. The molecule has 1 saturated carbocycles. The maximum Gasteiger partial charge on any atom is 0.312 e. The van der Waals surface area contributed by atoms with Gasteiger partial charge in [0.15, 0.2) is 0 Å². The molecule has 2 aromatic rings. The van der Waals surface area contributed by atoms with E-state index in [1.807, 2.05) is 48.5 Å². The number of benzene rings is 2. The first-order valence-corrected chi connectivity index (χ1v) is 8.21. The fourth-order valence-corrected chi connectivity index (χ4v) is 3.04. The zero-order valence-corrected chi connectivity index (χ0v) is 13.4. The number of hydrogen-bond acceptors (Lipinski definition) is 2. The molecule has 1 amide bonds. The minimum atomic E-state index is -0.922. The van der Waals surface area contributed by atoms with E-state index in [2.05, 4.69) is 5.32 Å². The molecule has 0 aliphatic heterocycles. The lowest BCUT2D eigenvalue weighted by molar-refractivity contribution is -0.138. The lowest BCUT2D eigenvalue weighted by Crippen LogP contribution is -2.37. The fourth-order valence-electron chi connectivity index (χ4n) is 3.04. The lowest BCUT2D eigenvalue weighted by Gasteiger charge is -2.18. The Morgan fingerprint density at radius 1 is 1.00 bits per heavy atom. The van der Waals surface area contributed by atoms with Gasteiger partial charge in [-0.2, -0.15) is 0 Å². The number of carbonyl (C=O) groups is 2. The van der Waals surface area contributed by atoms with E-state index in [0.29, 0.717) is 12.0 Å². The smallest absolute Gasteiger partial charge is 0.312 e. The standard InChI is InChI=1S/C20H21NO3/c22-18(23)17(16-9-5-2-6-10-16)14-21-19(24)20(11-12-20)13-15-7-3-1-4-8-15/h1-10,17H,11-14H2,(H,21,24)(H,22,23). The van der Waals surface area contributed by atoms with Crippen molar-refractivity contribution in [2.75, 3.05) is 6.54 Å². The predicted octanol–water partition coefficient (Wildman–Crippen LogP) is 2.99. The van der Waals surface area contributed by atoms with Gasteiger partial charge < -0.3 is 10.4 Å². The molecule has 0 saturated heterocycles. The third-order valence-electron chi connectivity index (χ3n) is 4.69. The van der Waals surface area contributed by atoms with Crippen LogP contribution in [0.25, 0.3) is 0 Å². The maximum atomic E-state index is 12.6. The van der Waals surface area contributed by atoms with E-state index in [1.54, 1.807) is 12.1 Å². The summed E-state index contributed by atoms with van der Waals surface area (Å²) in [6.45, 7) is 0.120. The van der Waals surface area contributed by atoms with E-state index in [1.165, 1.54) is 0 Å². The highest BCUT2D eigenvalue weighted by molar-refractivity contribution is 5.86. The SMILES string of the molecule is O=C(O)C(CNC(=O)C1(Cc2ccccc2)CC1)c1ccccc1. The second kappa shape index (κ2) is 6.87. The Labute approximate surface area is 141 Å². The van der Waals surface area contributed by atoms with Crippen molar-refractivity contribution in [3.05, 3.63) is 71.8 Å². The van der Waals surface area contributed by atoms with Crippen LogP contribution in [0.4, 0.5) is 0 Å². The van der Waals surface area contributed by atoms with Crippen molar-refractivity contribution in [2.45, 2.75) is 25.2 Å². The molecular formula is C20H21NO3. The summed E-state index contributed by atoms with van der Waals surface area (Å²) in [5.41, 5.74) is 1.49. The summed E-state index contributed by atoms with van der Waals surface area (Å²) in [5.74, 6) is -1.68. The molecule has 0 aromatic heterocycles. The molecular weight excluding hydrogens is 302 g/mol. The van der Waals surface area contributed by atoms with E-state index < -0.39 is 11.9 Å². The largest absolute Gasteiger partial charge is 0.481 e. The van der Waals surface area contributed by atoms with Gasteiger partial charge >= 0.3 is 5.97 Å². The van der Waals surface area contributed by atoms with Gasteiger partial charge in [0.1, 0.15) is 0 Å². The zero-order valence-electron chi connectivity index (χ0n) is 13.4. The van der Waals surface area contributed by atoms with E-state index in [-0.39, 0.29) is 17.9 Å². The summed E-state index contributed by atoms with van der Waals surface area (Å²) in [5, 5.41) is 12.3. The van der Waals surface area contributed by atoms with Crippen molar-refractivity contribution in [1.29, 1.82) is 0 Å². The third-order valence-corrected chi connectivity index (χ3v) is 4.69. The Kier molecular flexibility index (Phi) is 4.65. The number of carboxylic acid groups (broad SMARTS) is 1. The number of aliphatic carboxylic acids is 1. The molecule has 0 radical (unpaired) electrons. The van der Waals surface area contributed by atoms with Crippen molar-refractivity contribution in [3.63, 3.8) is 0 Å². The van der Waals surface area contributed by atoms with Gasteiger partial charge in [-0.05, 0) is 30.4 Å². The van der Waals surface area contributed by atoms with Crippen LogP contribution in [0.3, 0.4) is 0 Å². The molecule has 1 fully saturated rings. The first kappa shape index (κ1) is 16.2. The monoisotopic (exact) mass is 323 g/mol. The number of nitrogens with one attached hydrogen (secondary N) is 1. The molecule has 0 heterocycles. The van der Waals surface area contributed by atoms with Crippen molar-refractivity contribution >= 4 is 11.9 Å². The highest BCUT2D eigenvalue weighted by Gasteiger charge is 2.49. The topological polar surface area (TPSA) is 66.4 Å². The Morgan fingerprint density at radius 3 is 2.12 bits per heavy atom. The summed E-state index contributed by atoms with van der Waals surface area (Å²) >= 11 is 0. The summed E-state index contributed by atoms with van der Waals surface area (Å²) < 4.78 is 0. The Morgan fingerprint density at radius 2 is 1.58 bits per heavy atom. The molecule has 4 nitrogen and oxygen atoms in total. The Bertz CT molecular complexity index is 708.